The lowest BCUT2D eigenvalue weighted by molar-refractivity contribution is 0.345. The molecule has 2 rings (SSSR count). The van der Waals surface area contributed by atoms with Crippen molar-refractivity contribution in [3.63, 3.8) is 0 Å². The Morgan fingerprint density at radius 1 is 1.20 bits per heavy atom. The fourth-order valence-corrected chi connectivity index (χ4v) is 2.51. The summed E-state index contributed by atoms with van der Waals surface area (Å²) in [7, 11) is 4.08. The van der Waals surface area contributed by atoms with E-state index in [1.165, 1.54) is 11.1 Å². The second kappa shape index (κ2) is 9.84. The minimum Gasteiger partial charge on any atom is -0.357 e. The summed E-state index contributed by atoms with van der Waals surface area (Å²) in [5.41, 5.74) is 3.67. The zero-order valence-electron chi connectivity index (χ0n) is 15.8. The molecule has 1 aromatic carbocycles. The summed E-state index contributed by atoms with van der Waals surface area (Å²) in [5.74, 6) is 0.819. The van der Waals surface area contributed by atoms with Gasteiger partial charge in [-0.1, -0.05) is 31.2 Å². The monoisotopic (exact) mass is 342 g/mol. The van der Waals surface area contributed by atoms with E-state index in [-0.39, 0.29) is 0 Å². The smallest absolute Gasteiger partial charge is 0.191 e. The van der Waals surface area contributed by atoms with Gasteiger partial charge < -0.3 is 15.5 Å². The molecular weight excluding hydrogens is 312 g/mol. The van der Waals surface area contributed by atoms with E-state index in [1.54, 1.807) is 6.20 Å². The molecule has 0 amide bonds. The normalized spacial score (nSPS) is 11.8. The van der Waals surface area contributed by atoms with Crippen LogP contribution in [0, 0.1) is 0 Å². The van der Waals surface area contributed by atoms with E-state index < -0.39 is 0 Å². The topological polar surface area (TPSA) is 57.5 Å². The fraction of sp³-hybridized carbons (Fsp3) is 0.474. The highest BCUT2D eigenvalue weighted by atomic mass is 15.3. The van der Waals surface area contributed by atoms with Crippen molar-refractivity contribution in [3.8, 4) is 0 Å². The number of aliphatic imine (C=N–C) groups is 1. The lowest BCUT2D eigenvalue weighted by Gasteiger charge is -2.14. The standard InChI is InChI=1S/C19H30N6/c1-5-20-19(22-14-18-10-11-23-25(18)4)21-13-16-8-7-9-17(12-16)15-24(3)6-2/h7-12H,5-6,13-15H2,1-4H3,(H2,20,21,22). The van der Waals surface area contributed by atoms with Crippen LogP contribution in [0.25, 0.3) is 0 Å². The zero-order valence-corrected chi connectivity index (χ0v) is 15.8. The maximum absolute atomic E-state index is 4.70. The minimum atomic E-state index is 0.657. The van der Waals surface area contributed by atoms with Crippen LogP contribution in [0.5, 0.6) is 0 Å². The summed E-state index contributed by atoms with van der Waals surface area (Å²) >= 11 is 0. The van der Waals surface area contributed by atoms with Crippen molar-refractivity contribution < 1.29 is 0 Å². The summed E-state index contributed by atoms with van der Waals surface area (Å²) in [6.07, 6.45) is 1.81. The number of hydrogen-bond donors (Lipinski definition) is 2. The van der Waals surface area contributed by atoms with Gasteiger partial charge in [0, 0.05) is 26.3 Å². The molecular formula is C19H30N6. The molecule has 1 aromatic heterocycles. The number of aryl methyl sites for hydroxylation is 1. The molecule has 25 heavy (non-hydrogen) atoms. The predicted molar refractivity (Wildman–Crippen MR) is 103 cm³/mol. The van der Waals surface area contributed by atoms with Crippen LogP contribution in [-0.2, 0) is 26.7 Å². The number of rotatable bonds is 8. The van der Waals surface area contributed by atoms with Crippen LogP contribution in [-0.4, -0.2) is 40.8 Å². The predicted octanol–water partition coefficient (Wildman–Crippen LogP) is 2.13. The third-order valence-corrected chi connectivity index (χ3v) is 4.11. The van der Waals surface area contributed by atoms with Gasteiger partial charge in [0.05, 0.1) is 18.8 Å². The molecule has 0 aliphatic carbocycles. The minimum absolute atomic E-state index is 0.657. The van der Waals surface area contributed by atoms with Crippen LogP contribution >= 0.6 is 0 Å². The van der Waals surface area contributed by atoms with Crippen LogP contribution in [0.3, 0.4) is 0 Å². The van der Waals surface area contributed by atoms with Crippen LogP contribution in [0.2, 0.25) is 0 Å². The molecule has 0 aliphatic rings. The lowest BCUT2D eigenvalue weighted by atomic mass is 10.1. The quantitative estimate of drug-likeness (QED) is 0.570. The van der Waals surface area contributed by atoms with Crippen LogP contribution in [0.4, 0.5) is 0 Å². The van der Waals surface area contributed by atoms with Crippen LogP contribution in [0.15, 0.2) is 41.5 Å². The van der Waals surface area contributed by atoms with Gasteiger partial charge in [-0.2, -0.15) is 5.10 Å². The Morgan fingerprint density at radius 3 is 2.68 bits per heavy atom. The molecule has 0 saturated carbocycles. The van der Waals surface area contributed by atoms with E-state index in [2.05, 4.69) is 65.8 Å². The molecule has 0 radical (unpaired) electrons. The largest absolute Gasteiger partial charge is 0.357 e. The summed E-state index contributed by atoms with van der Waals surface area (Å²) < 4.78 is 1.87. The van der Waals surface area contributed by atoms with Gasteiger partial charge in [-0.05, 0) is 37.7 Å². The second-order valence-electron chi connectivity index (χ2n) is 6.15. The van der Waals surface area contributed by atoms with Gasteiger partial charge in [-0.15, -0.1) is 0 Å². The molecule has 0 fully saturated rings. The van der Waals surface area contributed by atoms with Gasteiger partial charge in [-0.25, -0.2) is 4.99 Å². The summed E-state index contributed by atoms with van der Waals surface area (Å²) in [6.45, 7) is 8.44. The molecule has 0 atom stereocenters. The Balaban J connectivity index is 1.98. The maximum Gasteiger partial charge on any atom is 0.191 e. The Bertz CT molecular complexity index is 676. The molecule has 0 unspecified atom stereocenters. The van der Waals surface area contributed by atoms with Gasteiger partial charge in [0.25, 0.3) is 0 Å². The van der Waals surface area contributed by atoms with Gasteiger partial charge in [-0.3, -0.25) is 4.68 Å². The Hall–Kier alpha value is -2.34. The molecule has 0 spiro atoms. The van der Waals surface area contributed by atoms with Gasteiger partial charge >= 0.3 is 0 Å². The van der Waals surface area contributed by atoms with E-state index in [1.807, 2.05) is 17.8 Å². The summed E-state index contributed by atoms with van der Waals surface area (Å²) in [5, 5.41) is 10.8. The average molecular weight is 342 g/mol. The van der Waals surface area contributed by atoms with Crippen LogP contribution in [0.1, 0.15) is 30.7 Å². The third kappa shape index (κ3) is 6.23. The number of guanidine groups is 1. The van der Waals surface area contributed by atoms with Crippen LogP contribution < -0.4 is 10.6 Å². The van der Waals surface area contributed by atoms with Gasteiger partial charge in [0.2, 0.25) is 0 Å². The molecule has 2 N–H and O–H groups in total. The average Bonchev–Trinajstić information content (AvgIpc) is 3.02. The number of aromatic nitrogens is 2. The second-order valence-corrected chi connectivity index (χ2v) is 6.15. The Morgan fingerprint density at radius 2 is 2.00 bits per heavy atom. The molecule has 136 valence electrons. The highest BCUT2D eigenvalue weighted by Gasteiger charge is 2.03. The van der Waals surface area contributed by atoms with E-state index >= 15 is 0 Å². The molecule has 6 nitrogen and oxygen atoms in total. The van der Waals surface area contributed by atoms with Crippen molar-refractivity contribution in [2.45, 2.75) is 33.5 Å². The molecule has 0 bridgehead atoms. The number of nitrogens with zero attached hydrogens (tertiary/aromatic N) is 4. The number of hydrogen-bond acceptors (Lipinski definition) is 3. The molecule has 2 aromatic rings. The fourth-order valence-electron chi connectivity index (χ4n) is 2.51. The van der Waals surface area contributed by atoms with E-state index in [9.17, 15) is 0 Å². The first-order valence-corrected chi connectivity index (χ1v) is 8.87. The van der Waals surface area contributed by atoms with Gasteiger partial charge in [0.1, 0.15) is 0 Å². The highest BCUT2D eigenvalue weighted by molar-refractivity contribution is 5.79. The third-order valence-electron chi connectivity index (χ3n) is 4.11. The van der Waals surface area contributed by atoms with Crippen molar-refractivity contribution in [1.29, 1.82) is 0 Å². The van der Waals surface area contributed by atoms with E-state index in [0.717, 1.165) is 31.3 Å². The Kier molecular flexibility index (Phi) is 7.47. The first-order valence-electron chi connectivity index (χ1n) is 8.87. The summed E-state index contributed by atoms with van der Waals surface area (Å²) in [4.78, 5) is 7.00. The van der Waals surface area contributed by atoms with Crippen molar-refractivity contribution in [2.24, 2.45) is 12.0 Å². The zero-order chi connectivity index (χ0) is 18.1. The highest BCUT2D eigenvalue weighted by Crippen LogP contribution is 2.09. The molecule has 1 heterocycles. The number of nitrogens with one attached hydrogen (secondary N) is 2. The molecule has 0 aliphatic heterocycles. The Labute approximate surface area is 151 Å². The maximum atomic E-state index is 4.70. The van der Waals surface area contributed by atoms with E-state index in [0.29, 0.717) is 13.1 Å². The van der Waals surface area contributed by atoms with Crippen molar-refractivity contribution in [1.82, 2.24) is 25.3 Å². The lowest BCUT2D eigenvalue weighted by Crippen LogP contribution is -2.37. The SMILES string of the molecule is CCNC(=NCc1cccc(CN(C)CC)c1)NCc1ccnn1C. The van der Waals surface area contributed by atoms with Gasteiger partial charge in [0.15, 0.2) is 5.96 Å². The summed E-state index contributed by atoms with van der Waals surface area (Å²) in [6, 6.07) is 10.7. The number of benzene rings is 1. The first kappa shape index (κ1) is 19.0. The van der Waals surface area contributed by atoms with E-state index in [4.69, 9.17) is 4.99 Å². The first-order chi connectivity index (χ1) is 12.1. The van der Waals surface area contributed by atoms with Crippen molar-refractivity contribution >= 4 is 5.96 Å². The van der Waals surface area contributed by atoms with Crippen molar-refractivity contribution in [2.75, 3.05) is 20.1 Å². The van der Waals surface area contributed by atoms with Crippen molar-refractivity contribution in [3.05, 3.63) is 53.3 Å². The molecule has 6 heteroatoms. The molecule has 0 saturated heterocycles.